The van der Waals surface area contributed by atoms with Crippen LogP contribution in [0.3, 0.4) is 0 Å². The molecule has 6 nitrogen and oxygen atoms in total. The Labute approximate surface area is 112 Å². The maximum atomic E-state index is 11.8. The number of likely N-dealkylation sites (N-methyl/N-ethyl adjacent to an activating group) is 1. The van der Waals surface area contributed by atoms with E-state index in [4.69, 9.17) is 5.11 Å². The van der Waals surface area contributed by atoms with Gasteiger partial charge in [-0.05, 0) is 26.8 Å². The molecule has 1 rings (SSSR count). The van der Waals surface area contributed by atoms with Gasteiger partial charge < -0.3 is 15.3 Å². The van der Waals surface area contributed by atoms with Crippen molar-refractivity contribution in [2.45, 2.75) is 26.8 Å². The van der Waals surface area contributed by atoms with Gasteiger partial charge in [-0.25, -0.2) is 4.79 Å². The van der Waals surface area contributed by atoms with E-state index in [1.54, 1.807) is 11.0 Å². The van der Waals surface area contributed by atoms with Crippen molar-refractivity contribution in [3.63, 3.8) is 0 Å². The van der Waals surface area contributed by atoms with Crippen LogP contribution in [-0.2, 0) is 4.79 Å². The first-order valence-electron chi connectivity index (χ1n) is 6.17. The van der Waals surface area contributed by atoms with Crippen LogP contribution in [0.4, 0.5) is 5.69 Å². The number of hydrogen-bond acceptors (Lipinski definition) is 4. The summed E-state index contributed by atoms with van der Waals surface area (Å²) in [5.41, 5.74) is 0.602. The van der Waals surface area contributed by atoms with E-state index in [0.29, 0.717) is 12.2 Å². The SMILES string of the molecule is CCN(CC(=O)NC(C)C)c1ccncc1C(=O)O. The molecule has 6 heteroatoms. The molecule has 0 atom stereocenters. The van der Waals surface area contributed by atoms with E-state index in [2.05, 4.69) is 10.3 Å². The van der Waals surface area contributed by atoms with Gasteiger partial charge in [-0.15, -0.1) is 0 Å². The molecule has 0 fully saturated rings. The number of carboxylic acids is 1. The van der Waals surface area contributed by atoms with Crippen LogP contribution in [-0.4, -0.2) is 41.1 Å². The predicted molar refractivity (Wildman–Crippen MR) is 72.4 cm³/mol. The molecule has 2 N–H and O–H groups in total. The smallest absolute Gasteiger partial charge is 0.339 e. The van der Waals surface area contributed by atoms with Crippen LogP contribution < -0.4 is 10.2 Å². The fourth-order valence-corrected chi connectivity index (χ4v) is 1.74. The van der Waals surface area contributed by atoms with Gasteiger partial charge in [0.05, 0.1) is 12.2 Å². The van der Waals surface area contributed by atoms with E-state index in [1.165, 1.54) is 12.4 Å². The third-order valence-electron chi connectivity index (χ3n) is 2.54. The lowest BCUT2D eigenvalue weighted by Crippen LogP contribution is -2.40. The van der Waals surface area contributed by atoms with Gasteiger partial charge >= 0.3 is 5.97 Å². The quantitative estimate of drug-likeness (QED) is 0.805. The Morgan fingerprint density at radius 2 is 2.16 bits per heavy atom. The maximum absolute atomic E-state index is 11.8. The highest BCUT2D eigenvalue weighted by Crippen LogP contribution is 2.18. The highest BCUT2D eigenvalue weighted by Gasteiger charge is 2.17. The summed E-state index contributed by atoms with van der Waals surface area (Å²) in [5.74, 6) is -1.18. The summed E-state index contributed by atoms with van der Waals surface area (Å²) < 4.78 is 0. The molecule has 0 aliphatic carbocycles. The van der Waals surface area contributed by atoms with Crippen molar-refractivity contribution in [3.8, 4) is 0 Å². The summed E-state index contributed by atoms with van der Waals surface area (Å²) in [4.78, 5) is 28.4. The second kappa shape index (κ2) is 6.72. The molecule has 1 heterocycles. The molecule has 0 aliphatic rings. The molecular weight excluding hydrogens is 246 g/mol. The molecule has 0 radical (unpaired) electrons. The minimum absolute atomic E-state index is 0.0580. The van der Waals surface area contributed by atoms with Crippen LogP contribution >= 0.6 is 0 Å². The molecule has 0 spiro atoms. The van der Waals surface area contributed by atoms with Crippen molar-refractivity contribution in [3.05, 3.63) is 24.0 Å². The average Bonchev–Trinajstić information content (AvgIpc) is 2.35. The Morgan fingerprint density at radius 3 is 2.68 bits per heavy atom. The zero-order valence-corrected chi connectivity index (χ0v) is 11.4. The molecule has 1 amide bonds. The van der Waals surface area contributed by atoms with Gasteiger partial charge in [-0.2, -0.15) is 0 Å². The Hall–Kier alpha value is -2.11. The zero-order valence-electron chi connectivity index (χ0n) is 11.4. The maximum Gasteiger partial charge on any atom is 0.339 e. The lowest BCUT2D eigenvalue weighted by atomic mass is 10.2. The number of amides is 1. The number of aromatic carboxylic acids is 1. The first kappa shape index (κ1) is 14.9. The number of rotatable bonds is 6. The molecule has 0 unspecified atom stereocenters. The van der Waals surface area contributed by atoms with Crippen molar-refractivity contribution in [1.82, 2.24) is 10.3 Å². The molecule has 1 aromatic heterocycles. The van der Waals surface area contributed by atoms with Gasteiger partial charge in [-0.3, -0.25) is 9.78 Å². The van der Waals surface area contributed by atoms with Gasteiger partial charge in [0.1, 0.15) is 5.56 Å². The third-order valence-corrected chi connectivity index (χ3v) is 2.54. The zero-order chi connectivity index (χ0) is 14.4. The largest absolute Gasteiger partial charge is 0.478 e. The summed E-state index contributed by atoms with van der Waals surface area (Å²) in [6.07, 6.45) is 2.81. The van der Waals surface area contributed by atoms with Crippen molar-refractivity contribution >= 4 is 17.6 Å². The fraction of sp³-hybridized carbons (Fsp3) is 0.462. The second-order valence-corrected chi connectivity index (χ2v) is 4.43. The van der Waals surface area contributed by atoms with E-state index in [9.17, 15) is 9.59 Å². The lowest BCUT2D eigenvalue weighted by Gasteiger charge is -2.24. The second-order valence-electron chi connectivity index (χ2n) is 4.43. The molecule has 0 saturated heterocycles. The number of aromatic nitrogens is 1. The number of hydrogen-bond donors (Lipinski definition) is 2. The summed E-state index contributed by atoms with van der Waals surface area (Å²) in [6, 6.07) is 1.66. The van der Waals surface area contributed by atoms with Crippen LogP contribution in [0.2, 0.25) is 0 Å². The number of nitrogens with one attached hydrogen (secondary N) is 1. The van der Waals surface area contributed by atoms with Crippen molar-refractivity contribution in [2.24, 2.45) is 0 Å². The minimum Gasteiger partial charge on any atom is -0.478 e. The normalized spacial score (nSPS) is 10.3. The monoisotopic (exact) mass is 265 g/mol. The average molecular weight is 265 g/mol. The summed E-state index contributed by atoms with van der Waals surface area (Å²) in [7, 11) is 0. The highest BCUT2D eigenvalue weighted by molar-refractivity contribution is 5.95. The molecule has 104 valence electrons. The number of pyridine rings is 1. The van der Waals surface area contributed by atoms with Crippen LogP contribution in [0.25, 0.3) is 0 Å². The van der Waals surface area contributed by atoms with Gasteiger partial charge in [0.2, 0.25) is 5.91 Å². The van der Waals surface area contributed by atoms with Gasteiger partial charge in [0.15, 0.2) is 0 Å². The van der Waals surface area contributed by atoms with Crippen molar-refractivity contribution in [2.75, 3.05) is 18.0 Å². The molecule has 19 heavy (non-hydrogen) atoms. The van der Waals surface area contributed by atoms with Crippen molar-refractivity contribution < 1.29 is 14.7 Å². The molecule has 0 aromatic carbocycles. The highest BCUT2D eigenvalue weighted by atomic mass is 16.4. The Bertz CT molecular complexity index is 460. The van der Waals surface area contributed by atoms with Crippen molar-refractivity contribution in [1.29, 1.82) is 0 Å². The number of anilines is 1. The standard InChI is InChI=1S/C13H19N3O3/c1-4-16(8-12(17)15-9(2)3)11-5-6-14-7-10(11)13(18)19/h5-7,9H,4,8H2,1-3H3,(H,15,17)(H,18,19). The lowest BCUT2D eigenvalue weighted by molar-refractivity contribution is -0.120. The molecule has 1 aromatic rings. The Morgan fingerprint density at radius 1 is 1.47 bits per heavy atom. The minimum atomic E-state index is -1.05. The van der Waals surface area contributed by atoms with Crippen LogP contribution in [0.15, 0.2) is 18.5 Å². The first-order valence-corrected chi connectivity index (χ1v) is 6.17. The summed E-state index contributed by atoms with van der Waals surface area (Å²) >= 11 is 0. The first-order chi connectivity index (χ1) is 8.95. The number of nitrogens with zero attached hydrogens (tertiary/aromatic N) is 2. The van der Waals surface area contributed by atoms with E-state index < -0.39 is 5.97 Å². The van der Waals surface area contributed by atoms with Crippen LogP contribution in [0, 0.1) is 0 Å². The Kier molecular flexibility index (Phi) is 5.29. The molecule has 0 bridgehead atoms. The Balaban J connectivity index is 2.91. The number of carbonyl (C=O) groups is 2. The van der Waals surface area contributed by atoms with E-state index in [0.717, 1.165) is 0 Å². The van der Waals surface area contributed by atoms with Gasteiger partial charge in [0, 0.05) is 25.0 Å². The molecular formula is C13H19N3O3. The topological polar surface area (TPSA) is 82.5 Å². The number of carbonyl (C=O) groups excluding carboxylic acids is 1. The predicted octanol–water partition coefficient (Wildman–Crippen LogP) is 1.13. The summed E-state index contributed by atoms with van der Waals surface area (Å²) in [6.45, 7) is 6.29. The summed E-state index contributed by atoms with van der Waals surface area (Å²) in [5, 5.41) is 11.9. The fourth-order valence-electron chi connectivity index (χ4n) is 1.74. The van der Waals surface area contributed by atoms with E-state index >= 15 is 0 Å². The van der Waals surface area contributed by atoms with Crippen LogP contribution in [0.5, 0.6) is 0 Å². The number of carboxylic acid groups (broad SMARTS) is 1. The van der Waals surface area contributed by atoms with E-state index in [1.807, 2.05) is 20.8 Å². The van der Waals surface area contributed by atoms with Crippen LogP contribution in [0.1, 0.15) is 31.1 Å². The van der Waals surface area contributed by atoms with Gasteiger partial charge in [0.25, 0.3) is 0 Å². The molecule has 0 aliphatic heterocycles. The molecule has 0 saturated carbocycles. The van der Waals surface area contributed by atoms with E-state index in [-0.39, 0.29) is 24.1 Å². The van der Waals surface area contributed by atoms with Gasteiger partial charge in [-0.1, -0.05) is 0 Å². The third kappa shape index (κ3) is 4.24.